The molecule has 2 atom stereocenters. The Morgan fingerprint density at radius 1 is 1.31 bits per heavy atom. The molecule has 1 aromatic heterocycles. The quantitative estimate of drug-likeness (QED) is 0.829. The number of nitrogens with zero attached hydrogens (tertiary/aromatic N) is 1. The fourth-order valence-corrected chi connectivity index (χ4v) is 2.25. The number of hydrogen-bond acceptors (Lipinski definition) is 3. The molecule has 0 aliphatic carbocycles. The standard InChI is InChI=1S/C13H20N2O/c1-9-6-12(4-5-14-9)16-13-7-10(2)15-11(3)8-13/h7-9,12,14H,4-6H2,1-3H3/t9-,12+/m0/s1. The number of piperidine rings is 1. The molecule has 3 heteroatoms. The highest BCUT2D eigenvalue weighted by Gasteiger charge is 2.19. The molecule has 0 saturated carbocycles. The lowest BCUT2D eigenvalue weighted by Crippen LogP contribution is -2.40. The lowest BCUT2D eigenvalue weighted by molar-refractivity contribution is 0.144. The van der Waals surface area contributed by atoms with Crippen LogP contribution in [-0.4, -0.2) is 23.7 Å². The summed E-state index contributed by atoms with van der Waals surface area (Å²) in [5, 5.41) is 3.43. The van der Waals surface area contributed by atoms with Crippen LogP contribution in [0.1, 0.15) is 31.2 Å². The Hall–Kier alpha value is -1.09. The summed E-state index contributed by atoms with van der Waals surface area (Å²) in [6.45, 7) is 7.27. The lowest BCUT2D eigenvalue weighted by Gasteiger charge is -2.28. The van der Waals surface area contributed by atoms with Crippen LogP contribution in [0.4, 0.5) is 0 Å². The molecule has 88 valence electrons. The van der Waals surface area contributed by atoms with Gasteiger partial charge in [-0.1, -0.05) is 0 Å². The molecule has 3 nitrogen and oxygen atoms in total. The maximum absolute atomic E-state index is 6.01. The van der Waals surface area contributed by atoms with Crippen molar-refractivity contribution in [3.63, 3.8) is 0 Å². The molecule has 1 saturated heterocycles. The maximum Gasteiger partial charge on any atom is 0.123 e. The van der Waals surface area contributed by atoms with Gasteiger partial charge in [0, 0.05) is 29.6 Å². The van der Waals surface area contributed by atoms with Gasteiger partial charge in [-0.15, -0.1) is 0 Å². The van der Waals surface area contributed by atoms with Crippen molar-refractivity contribution in [2.24, 2.45) is 0 Å². The molecule has 1 aliphatic heterocycles. The molecule has 0 unspecified atom stereocenters. The number of ether oxygens (including phenoxy) is 1. The van der Waals surface area contributed by atoms with E-state index >= 15 is 0 Å². The molecule has 0 radical (unpaired) electrons. The van der Waals surface area contributed by atoms with Gasteiger partial charge in [-0.05, 0) is 40.2 Å². The van der Waals surface area contributed by atoms with Gasteiger partial charge in [-0.3, -0.25) is 4.98 Å². The van der Waals surface area contributed by atoms with Crippen LogP contribution in [-0.2, 0) is 0 Å². The Morgan fingerprint density at radius 2 is 2.00 bits per heavy atom. The monoisotopic (exact) mass is 220 g/mol. The van der Waals surface area contributed by atoms with Gasteiger partial charge in [-0.25, -0.2) is 0 Å². The normalized spacial score (nSPS) is 25.4. The third-order valence-electron chi connectivity index (χ3n) is 2.93. The number of aromatic nitrogens is 1. The van der Waals surface area contributed by atoms with E-state index in [0.717, 1.165) is 36.5 Å². The van der Waals surface area contributed by atoms with Crippen molar-refractivity contribution in [2.75, 3.05) is 6.54 Å². The van der Waals surface area contributed by atoms with Gasteiger partial charge in [0.25, 0.3) is 0 Å². The van der Waals surface area contributed by atoms with Gasteiger partial charge >= 0.3 is 0 Å². The van der Waals surface area contributed by atoms with E-state index in [1.807, 2.05) is 26.0 Å². The zero-order chi connectivity index (χ0) is 11.5. The molecule has 1 fully saturated rings. The van der Waals surface area contributed by atoms with E-state index < -0.39 is 0 Å². The van der Waals surface area contributed by atoms with Crippen LogP contribution >= 0.6 is 0 Å². The van der Waals surface area contributed by atoms with Crippen molar-refractivity contribution < 1.29 is 4.74 Å². The molecule has 0 spiro atoms. The van der Waals surface area contributed by atoms with Crippen LogP contribution < -0.4 is 10.1 Å². The predicted molar refractivity (Wildman–Crippen MR) is 64.8 cm³/mol. The van der Waals surface area contributed by atoms with E-state index in [1.165, 1.54) is 0 Å². The summed E-state index contributed by atoms with van der Waals surface area (Å²) in [4.78, 5) is 4.35. The average Bonchev–Trinajstić information content (AvgIpc) is 2.15. The van der Waals surface area contributed by atoms with Crippen molar-refractivity contribution in [3.8, 4) is 5.75 Å². The van der Waals surface area contributed by atoms with Crippen molar-refractivity contribution >= 4 is 0 Å². The summed E-state index contributed by atoms with van der Waals surface area (Å²) in [5.41, 5.74) is 2.05. The third kappa shape index (κ3) is 2.95. The Morgan fingerprint density at radius 3 is 2.62 bits per heavy atom. The van der Waals surface area contributed by atoms with Crippen LogP contribution in [0.3, 0.4) is 0 Å². The number of aryl methyl sites for hydroxylation is 2. The second-order valence-corrected chi connectivity index (χ2v) is 4.71. The number of rotatable bonds is 2. The average molecular weight is 220 g/mol. The van der Waals surface area contributed by atoms with E-state index in [0.29, 0.717) is 12.1 Å². The molecule has 2 rings (SSSR count). The summed E-state index contributed by atoms with van der Waals surface area (Å²) in [7, 11) is 0. The Balaban J connectivity index is 2.02. The van der Waals surface area contributed by atoms with E-state index in [1.54, 1.807) is 0 Å². The molecule has 1 aromatic rings. The van der Waals surface area contributed by atoms with Crippen molar-refractivity contribution in [1.82, 2.24) is 10.3 Å². The first-order chi connectivity index (χ1) is 7.63. The minimum absolute atomic E-state index is 0.345. The van der Waals surface area contributed by atoms with Crippen LogP contribution in [0, 0.1) is 13.8 Å². The SMILES string of the molecule is Cc1cc(O[C@@H]2CCN[C@@H](C)C2)cc(C)n1. The predicted octanol–water partition coefficient (Wildman–Crippen LogP) is 2.22. The summed E-state index contributed by atoms with van der Waals surface area (Å²) in [5.74, 6) is 0.962. The van der Waals surface area contributed by atoms with Gasteiger partial charge in [-0.2, -0.15) is 0 Å². The van der Waals surface area contributed by atoms with Crippen molar-refractivity contribution in [1.29, 1.82) is 0 Å². The summed E-state index contributed by atoms with van der Waals surface area (Å²) >= 11 is 0. The van der Waals surface area contributed by atoms with Crippen LogP contribution in [0.5, 0.6) is 5.75 Å². The van der Waals surface area contributed by atoms with Gasteiger partial charge in [0.1, 0.15) is 11.9 Å². The molecule has 1 aliphatic rings. The van der Waals surface area contributed by atoms with Crippen molar-refractivity contribution in [3.05, 3.63) is 23.5 Å². The molecular weight excluding hydrogens is 200 g/mol. The second kappa shape index (κ2) is 4.83. The van der Waals surface area contributed by atoms with Crippen LogP contribution in [0.2, 0.25) is 0 Å². The maximum atomic E-state index is 6.01. The second-order valence-electron chi connectivity index (χ2n) is 4.71. The number of pyridine rings is 1. The molecule has 0 bridgehead atoms. The molecule has 16 heavy (non-hydrogen) atoms. The van der Waals surface area contributed by atoms with E-state index in [4.69, 9.17) is 4.74 Å². The van der Waals surface area contributed by atoms with Crippen molar-refractivity contribution in [2.45, 2.75) is 45.8 Å². The first-order valence-electron chi connectivity index (χ1n) is 5.99. The largest absolute Gasteiger partial charge is 0.490 e. The molecule has 0 amide bonds. The zero-order valence-corrected chi connectivity index (χ0v) is 10.3. The number of nitrogens with one attached hydrogen (secondary N) is 1. The minimum Gasteiger partial charge on any atom is -0.490 e. The molecule has 2 heterocycles. The molecular formula is C13H20N2O. The topological polar surface area (TPSA) is 34.1 Å². The highest BCUT2D eigenvalue weighted by molar-refractivity contribution is 5.26. The van der Waals surface area contributed by atoms with E-state index in [2.05, 4.69) is 17.2 Å². The smallest absolute Gasteiger partial charge is 0.123 e. The summed E-state index contributed by atoms with van der Waals surface area (Å²) in [6.07, 6.45) is 2.52. The van der Waals surface area contributed by atoms with Crippen LogP contribution in [0.25, 0.3) is 0 Å². The molecule has 1 N–H and O–H groups in total. The Labute approximate surface area is 97.2 Å². The Bertz CT molecular complexity index is 345. The first-order valence-corrected chi connectivity index (χ1v) is 5.99. The summed E-state index contributed by atoms with van der Waals surface area (Å²) < 4.78 is 6.01. The fraction of sp³-hybridized carbons (Fsp3) is 0.615. The van der Waals surface area contributed by atoms with Gasteiger partial charge in [0.2, 0.25) is 0 Å². The van der Waals surface area contributed by atoms with E-state index in [9.17, 15) is 0 Å². The minimum atomic E-state index is 0.345. The van der Waals surface area contributed by atoms with E-state index in [-0.39, 0.29) is 0 Å². The zero-order valence-electron chi connectivity index (χ0n) is 10.3. The third-order valence-corrected chi connectivity index (χ3v) is 2.93. The highest BCUT2D eigenvalue weighted by Crippen LogP contribution is 2.19. The fourth-order valence-electron chi connectivity index (χ4n) is 2.25. The highest BCUT2D eigenvalue weighted by atomic mass is 16.5. The summed E-state index contributed by atoms with van der Waals surface area (Å²) in [6, 6.07) is 4.59. The van der Waals surface area contributed by atoms with Gasteiger partial charge in [0.15, 0.2) is 0 Å². The Kier molecular flexibility index (Phi) is 3.44. The number of hydrogen-bond donors (Lipinski definition) is 1. The van der Waals surface area contributed by atoms with Gasteiger partial charge < -0.3 is 10.1 Å². The van der Waals surface area contributed by atoms with Crippen LogP contribution in [0.15, 0.2) is 12.1 Å². The lowest BCUT2D eigenvalue weighted by atomic mass is 10.0. The molecule has 0 aromatic carbocycles. The first kappa shape index (κ1) is 11.4. The van der Waals surface area contributed by atoms with Gasteiger partial charge in [0.05, 0.1) is 0 Å².